The number of benzene rings is 2. The first-order valence-electron chi connectivity index (χ1n) is 8.49. The van der Waals surface area contributed by atoms with Crippen molar-refractivity contribution < 1.29 is 9.59 Å². The number of thioether (sulfide) groups is 1. The molecule has 9 heteroatoms. The molecule has 0 fully saturated rings. The molecule has 0 aliphatic rings. The normalized spacial score (nSPS) is 10.4. The van der Waals surface area contributed by atoms with Gasteiger partial charge < -0.3 is 10.6 Å². The molecule has 2 aromatic carbocycles. The Balaban J connectivity index is 1.67. The lowest BCUT2D eigenvalue weighted by atomic mass is 10.2. The van der Waals surface area contributed by atoms with Crippen LogP contribution in [-0.2, 0) is 10.5 Å². The Hall–Kier alpha value is -2.61. The summed E-state index contributed by atoms with van der Waals surface area (Å²) in [5, 5.41) is 6.67. The largest absolute Gasteiger partial charge is 0.326 e. The van der Waals surface area contributed by atoms with Gasteiger partial charge in [0, 0.05) is 29.1 Å². The molecule has 0 aliphatic carbocycles. The van der Waals surface area contributed by atoms with E-state index in [2.05, 4.69) is 20.6 Å². The highest BCUT2D eigenvalue weighted by atomic mass is 35.5. The minimum absolute atomic E-state index is 0.0891. The molecule has 3 rings (SSSR count). The van der Waals surface area contributed by atoms with Crippen LogP contribution in [0, 0.1) is 0 Å². The van der Waals surface area contributed by atoms with Gasteiger partial charge in [0.15, 0.2) is 10.9 Å². The average molecular weight is 447 g/mol. The number of carbonyl (C=O) groups is 2. The standard InChI is InChI=1S/C20H16Cl2N4O2S/c1-12(27)24-15-6-8-16(9-7-15)25-19(28)18-17(22)10-23-20(26-18)29-11-13-2-4-14(21)5-3-13/h2-10H,11H2,1H3,(H,24,27)(H,25,28). The van der Waals surface area contributed by atoms with Crippen LogP contribution in [0.2, 0.25) is 10.0 Å². The van der Waals surface area contributed by atoms with Gasteiger partial charge in [0.05, 0.1) is 11.2 Å². The molecular formula is C20H16Cl2N4O2S. The number of anilines is 2. The summed E-state index contributed by atoms with van der Waals surface area (Å²) in [7, 11) is 0. The molecule has 0 aliphatic heterocycles. The molecule has 0 unspecified atom stereocenters. The van der Waals surface area contributed by atoms with Gasteiger partial charge in [-0.25, -0.2) is 9.97 Å². The van der Waals surface area contributed by atoms with E-state index in [-0.39, 0.29) is 16.6 Å². The van der Waals surface area contributed by atoms with Crippen molar-refractivity contribution in [3.05, 3.63) is 76.0 Å². The van der Waals surface area contributed by atoms with E-state index in [1.54, 1.807) is 24.3 Å². The van der Waals surface area contributed by atoms with Crippen molar-refractivity contribution >= 4 is 58.2 Å². The summed E-state index contributed by atoms with van der Waals surface area (Å²) in [6.07, 6.45) is 1.41. The van der Waals surface area contributed by atoms with Gasteiger partial charge in [0.2, 0.25) is 5.91 Å². The molecule has 0 spiro atoms. The van der Waals surface area contributed by atoms with Crippen LogP contribution < -0.4 is 10.6 Å². The average Bonchev–Trinajstić information content (AvgIpc) is 2.69. The molecule has 0 atom stereocenters. The second-order valence-electron chi connectivity index (χ2n) is 5.98. The van der Waals surface area contributed by atoms with Crippen LogP contribution in [0.15, 0.2) is 59.9 Å². The fourth-order valence-electron chi connectivity index (χ4n) is 2.34. The third kappa shape index (κ3) is 6.19. The zero-order valence-electron chi connectivity index (χ0n) is 15.3. The van der Waals surface area contributed by atoms with Gasteiger partial charge in [-0.05, 0) is 42.0 Å². The lowest BCUT2D eigenvalue weighted by Gasteiger charge is -2.08. The summed E-state index contributed by atoms with van der Waals surface area (Å²) in [5.74, 6) is 0.0148. The van der Waals surface area contributed by atoms with E-state index in [1.807, 2.05) is 24.3 Å². The van der Waals surface area contributed by atoms with Crippen molar-refractivity contribution in [1.29, 1.82) is 0 Å². The molecule has 0 saturated carbocycles. The molecule has 0 radical (unpaired) electrons. The highest BCUT2D eigenvalue weighted by Crippen LogP contribution is 2.23. The molecule has 2 N–H and O–H groups in total. The summed E-state index contributed by atoms with van der Waals surface area (Å²) < 4.78 is 0. The minimum atomic E-state index is -0.446. The number of rotatable bonds is 6. The maximum atomic E-state index is 12.6. The summed E-state index contributed by atoms with van der Waals surface area (Å²) in [5.41, 5.74) is 2.33. The van der Waals surface area contributed by atoms with E-state index in [0.717, 1.165) is 5.56 Å². The van der Waals surface area contributed by atoms with E-state index in [9.17, 15) is 9.59 Å². The van der Waals surface area contributed by atoms with Crippen molar-refractivity contribution in [2.75, 3.05) is 10.6 Å². The number of nitrogens with zero attached hydrogens (tertiary/aromatic N) is 2. The van der Waals surface area contributed by atoms with Gasteiger partial charge in [0.25, 0.3) is 5.91 Å². The van der Waals surface area contributed by atoms with Crippen molar-refractivity contribution in [2.45, 2.75) is 17.8 Å². The highest BCUT2D eigenvalue weighted by Gasteiger charge is 2.15. The molecule has 1 aromatic heterocycles. The van der Waals surface area contributed by atoms with Crippen molar-refractivity contribution in [1.82, 2.24) is 9.97 Å². The SMILES string of the molecule is CC(=O)Nc1ccc(NC(=O)c2nc(SCc3ccc(Cl)cc3)ncc2Cl)cc1. The van der Waals surface area contributed by atoms with Crippen molar-refractivity contribution in [3.8, 4) is 0 Å². The predicted octanol–water partition coefficient (Wildman–Crippen LogP) is 5.29. The lowest BCUT2D eigenvalue weighted by Crippen LogP contribution is -2.15. The monoisotopic (exact) mass is 446 g/mol. The Labute approximate surface area is 182 Å². The third-order valence-corrected chi connectivity index (χ3v) is 5.14. The Kier molecular flexibility index (Phi) is 7.09. The van der Waals surface area contributed by atoms with Crippen LogP contribution in [0.4, 0.5) is 11.4 Å². The minimum Gasteiger partial charge on any atom is -0.326 e. The number of hydrogen-bond acceptors (Lipinski definition) is 5. The van der Waals surface area contributed by atoms with Gasteiger partial charge in [0.1, 0.15) is 0 Å². The molecule has 3 aromatic rings. The molecule has 1 heterocycles. The van der Waals surface area contributed by atoms with Crippen LogP contribution >= 0.6 is 35.0 Å². The zero-order chi connectivity index (χ0) is 20.8. The molecular weight excluding hydrogens is 431 g/mol. The van der Waals surface area contributed by atoms with E-state index < -0.39 is 5.91 Å². The smallest absolute Gasteiger partial charge is 0.275 e. The van der Waals surface area contributed by atoms with E-state index in [0.29, 0.717) is 27.3 Å². The van der Waals surface area contributed by atoms with Crippen LogP contribution in [0.3, 0.4) is 0 Å². The third-order valence-electron chi connectivity index (χ3n) is 3.68. The molecule has 6 nitrogen and oxygen atoms in total. The molecule has 148 valence electrons. The topological polar surface area (TPSA) is 84.0 Å². The number of aromatic nitrogens is 2. The number of amides is 2. The number of hydrogen-bond donors (Lipinski definition) is 2. The Bertz CT molecular complexity index is 1030. The van der Waals surface area contributed by atoms with Gasteiger partial charge in [-0.1, -0.05) is 47.1 Å². The number of halogens is 2. The van der Waals surface area contributed by atoms with Crippen LogP contribution in [0.25, 0.3) is 0 Å². The Morgan fingerprint density at radius 2 is 1.59 bits per heavy atom. The second-order valence-corrected chi connectivity index (χ2v) is 7.76. The van der Waals surface area contributed by atoms with Crippen LogP contribution in [-0.4, -0.2) is 21.8 Å². The van der Waals surface area contributed by atoms with Gasteiger partial charge in [-0.3, -0.25) is 9.59 Å². The van der Waals surface area contributed by atoms with E-state index in [4.69, 9.17) is 23.2 Å². The van der Waals surface area contributed by atoms with Gasteiger partial charge in [-0.15, -0.1) is 0 Å². The molecule has 0 bridgehead atoms. The summed E-state index contributed by atoms with van der Waals surface area (Å²) >= 11 is 13.4. The highest BCUT2D eigenvalue weighted by molar-refractivity contribution is 7.98. The summed E-state index contributed by atoms with van der Waals surface area (Å²) in [6.45, 7) is 1.43. The molecule has 2 amide bonds. The second kappa shape index (κ2) is 9.73. The van der Waals surface area contributed by atoms with Crippen molar-refractivity contribution in [3.63, 3.8) is 0 Å². The fourth-order valence-corrected chi connectivity index (χ4v) is 3.41. The summed E-state index contributed by atoms with van der Waals surface area (Å²) in [6, 6.07) is 14.2. The van der Waals surface area contributed by atoms with Gasteiger partial charge >= 0.3 is 0 Å². The Morgan fingerprint density at radius 1 is 0.966 bits per heavy atom. The zero-order valence-corrected chi connectivity index (χ0v) is 17.6. The van der Waals surface area contributed by atoms with E-state index in [1.165, 1.54) is 24.9 Å². The fraction of sp³-hybridized carbons (Fsp3) is 0.100. The van der Waals surface area contributed by atoms with Crippen molar-refractivity contribution in [2.24, 2.45) is 0 Å². The van der Waals surface area contributed by atoms with Crippen LogP contribution in [0.1, 0.15) is 23.0 Å². The first-order chi connectivity index (χ1) is 13.9. The first kappa shape index (κ1) is 21.1. The predicted molar refractivity (Wildman–Crippen MR) is 117 cm³/mol. The quantitative estimate of drug-likeness (QED) is 0.397. The number of nitrogens with one attached hydrogen (secondary N) is 2. The molecule has 0 saturated heterocycles. The number of carbonyl (C=O) groups excluding carboxylic acids is 2. The maximum absolute atomic E-state index is 12.6. The van der Waals surface area contributed by atoms with Gasteiger partial charge in [-0.2, -0.15) is 0 Å². The summed E-state index contributed by atoms with van der Waals surface area (Å²) in [4.78, 5) is 32.1. The maximum Gasteiger partial charge on any atom is 0.275 e. The van der Waals surface area contributed by atoms with E-state index >= 15 is 0 Å². The Morgan fingerprint density at radius 3 is 2.21 bits per heavy atom. The lowest BCUT2D eigenvalue weighted by molar-refractivity contribution is -0.114. The first-order valence-corrected chi connectivity index (χ1v) is 10.2. The van der Waals surface area contributed by atoms with Crippen LogP contribution in [0.5, 0.6) is 0 Å². The molecule has 29 heavy (non-hydrogen) atoms.